The molecule has 24 heavy (non-hydrogen) atoms. The van der Waals surface area contributed by atoms with Crippen molar-refractivity contribution in [2.24, 2.45) is 10.8 Å². The van der Waals surface area contributed by atoms with Gasteiger partial charge in [0.05, 0.1) is 5.41 Å². The predicted molar refractivity (Wildman–Crippen MR) is 92.6 cm³/mol. The smallest absolute Gasteiger partial charge is 0.315 e. The van der Waals surface area contributed by atoms with Gasteiger partial charge in [0.15, 0.2) is 0 Å². The van der Waals surface area contributed by atoms with E-state index in [0.29, 0.717) is 5.41 Å². The lowest BCUT2D eigenvalue weighted by Crippen LogP contribution is -2.53. The van der Waals surface area contributed by atoms with Crippen LogP contribution in [0.3, 0.4) is 0 Å². The lowest BCUT2D eigenvalue weighted by Gasteiger charge is -2.55. The molecule has 0 atom stereocenters. The van der Waals surface area contributed by atoms with Crippen molar-refractivity contribution in [3.8, 4) is 0 Å². The van der Waals surface area contributed by atoms with Crippen molar-refractivity contribution in [1.29, 1.82) is 0 Å². The van der Waals surface area contributed by atoms with Crippen molar-refractivity contribution < 1.29 is 14.3 Å². The van der Waals surface area contributed by atoms with Crippen molar-refractivity contribution in [1.82, 2.24) is 10.6 Å². The van der Waals surface area contributed by atoms with Gasteiger partial charge in [0.25, 0.3) is 0 Å². The largest absolute Gasteiger partial charge is 0.459 e. The summed E-state index contributed by atoms with van der Waals surface area (Å²) in [5.74, 6) is 0.0219. The number of nitrogens with one attached hydrogen (secondary N) is 2. The zero-order valence-corrected chi connectivity index (χ0v) is 15.4. The van der Waals surface area contributed by atoms with E-state index in [2.05, 4.69) is 17.6 Å². The van der Waals surface area contributed by atoms with E-state index in [-0.39, 0.29) is 29.1 Å². The molecular weight excluding hydrogens is 304 g/mol. The van der Waals surface area contributed by atoms with Crippen molar-refractivity contribution in [2.75, 3.05) is 6.54 Å². The molecule has 3 fully saturated rings. The zero-order chi connectivity index (χ0) is 17.4. The third-order valence-corrected chi connectivity index (χ3v) is 6.19. The molecule has 2 aliphatic carbocycles. The molecule has 136 valence electrons. The quantitative estimate of drug-likeness (QED) is 0.610. The second kappa shape index (κ2) is 6.23. The van der Waals surface area contributed by atoms with Crippen LogP contribution in [0.5, 0.6) is 0 Å². The molecule has 1 saturated heterocycles. The first-order valence-corrected chi connectivity index (χ1v) is 9.56. The van der Waals surface area contributed by atoms with E-state index in [1.807, 2.05) is 13.8 Å². The fourth-order valence-corrected chi connectivity index (χ4v) is 5.28. The average Bonchev–Trinajstić information content (AvgIpc) is 2.70. The first-order valence-electron chi connectivity index (χ1n) is 9.56. The Kier molecular flexibility index (Phi) is 4.56. The van der Waals surface area contributed by atoms with Crippen LogP contribution < -0.4 is 10.6 Å². The molecule has 0 radical (unpaired) electrons. The maximum atomic E-state index is 12.3. The minimum absolute atomic E-state index is 0.0219. The van der Waals surface area contributed by atoms with Crippen molar-refractivity contribution >= 4 is 12.0 Å². The van der Waals surface area contributed by atoms with Gasteiger partial charge in [-0.15, -0.1) is 0 Å². The molecule has 1 aliphatic heterocycles. The Bertz CT molecular complexity index is 499. The van der Waals surface area contributed by atoms with Gasteiger partial charge in [-0.2, -0.15) is 0 Å². The van der Waals surface area contributed by atoms with Gasteiger partial charge < -0.3 is 15.4 Å². The van der Waals surface area contributed by atoms with Crippen LogP contribution in [0.25, 0.3) is 0 Å². The summed E-state index contributed by atoms with van der Waals surface area (Å²) in [5, 5.41) is 6.03. The molecule has 2 saturated carbocycles. The molecule has 3 rings (SSSR count). The number of ether oxygens (including phenoxy) is 1. The van der Waals surface area contributed by atoms with Crippen LogP contribution in [0.15, 0.2) is 0 Å². The molecule has 0 unspecified atom stereocenters. The molecule has 0 bridgehead atoms. The lowest BCUT2D eigenvalue weighted by molar-refractivity contribution is -0.164. The van der Waals surface area contributed by atoms with Crippen molar-refractivity contribution in [3.63, 3.8) is 0 Å². The summed E-state index contributed by atoms with van der Waals surface area (Å²) in [7, 11) is 0. The number of hydrogen-bond acceptors (Lipinski definition) is 3. The number of unbranched alkanes of at least 4 members (excludes halogenated alkanes) is 1. The highest BCUT2D eigenvalue weighted by Gasteiger charge is 2.65. The number of hydrogen-bond donors (Lipinski definition) is 2. The molecular formula is C19H32N2O3. The average molecular weight is 336 g/mol. The molecule has 0 aromatic carbocycles. The van der Waals surface area contributed by atoms with E-state index in [9.17, 15) is 9.59 Å². The Morgan fingerprint density at radius 1 is 1.21 bits per heavy atom. The maximum Gasteiger partial charge on any atom is 0.315 e. The highest BCUT2D eigenvalue weighted by molar-refractivity contribution is 5.81. The van der Waals surface area contributed by atoms with E-state index in [4.69, 9.17) is 4.74 Å². The maximum absolute atomic E-state index is 12.3. The standard InChI is InChI=1S/C19H32N2O3/c1-4-5-10-20-16(23)21-14-6-8-18(9-7-14)12-19(13-18)11-17(2,3)24-15(19)22/h14H,4-13H2,1-3H3,(H2,20,21,23). The molecule has 5 heteroatoms. The minimum Gasteiger partial charge on any atom is -0.459 e. The zero-order valence-electron chi connectivity index (χ0n) is 15.4. The van der Waals surface area contributed by atoms with E-state index in [1.165, 1.54) is 0 Å². The topological polar surface area (TPSA) is 67.4 Å². The number of amides is 2. The first-order chi connectivity index (χ1) is 11.3. The van der Waals surface area contributed by atoms with E-state index in [1.54, 1.807) is 0 Å². The number of carbonyl (C=O) groups excluding carboxylic acids is 2. The Balaban J connectivity index is 1.44. The summed E-state index contributed by atoms with van der Waals surface area (Å²) >= 11 is 0. The molecule has 0 aromatic rings. The lowest BCUT2D eigenvalue weighted by atomic mass is 9.47. The van der Waals surface area contributed by atoms with Gasteiger partial charge in [-0.05, 0) is 64.2 Å². The molecule has 2 amide bonds. The molecule has 2 spiro atoms. The van der Waals surface area contributed by atoms with Crippen molar-refractivity contribution in [2.45, 2.75) is 90.2 Å². The van der Waals surface area contributed by atoms with Crippen LogP contribution in [0.1, 0.15) is 78.6 Å². The predicted octanol–water partition coefficient (Wildman–Crippen LogP) is 3.52. The molecule has 3 aliphatic rings. The highest BCUT2D eigenvalue weighted by Crippen LogP contribution is 2.66. The van der Waals surface area contributed by atoms with Gasteiger partial charge in [0.1, 0.15) is 5.60 Å². The number of esters is 1. The fraction of sp³-hybridized carbons (Fsp3) is 0.895. The first kappa shape index (κ1) is 17.6. The van der Waals surface area contributed by atoms with Gasteiger partial charge in [-0.3, -0.25) is 4.79 Å². The van der Waals surface area contributed by atoms with Gasteiger partial charge >= 0.3 is 12.0 Å². The second-order valence-electron chi connectivity index (χ2n) is 8.99. The molecule has 1 heterocycles. The molecule has 5 nitrogen and oxygen atoms in total. The molecule has 0 aromatic heterocycles. The summed E-state index contributed by atoms with van der Waals surface area (Å²) < 4.78 is 5.56. The SMILES string of the molecule is CCCCNC(=O)NC1CCC2(CC1)CC1(C2)CC(C)(C)OC1=O. The summed E-state index contributed by atoms with van der Waals surface area (Å²) in [6, 6.07) is 0.247. The minimum atomic E-state index is -0.298. The van der Waals surface area contributed by atoms with Crippen LogP contribution in [0, 0.1) is 10.8 Å². The Morgan fingerprint density at radius 3 is 2.42 bits per heavy atom. The number of carbonyl (C=O) groups is 2. The van der Waals surface area contributed by atoms with Crippen LogP contribution >= 0.6 is 0 Å². The third-order valence-electron chi connectivity index (χ3n) is 6.19. The summed E-state index contributed by atoms with van der Waals surface area (Å²) in [6.45, 7) is 6.90. The van der Waals surface area contributed by atoms with Crippen molar-refractivity contribution in [3.05, 3.63) is 0 Å². The molecule has 2 N–H and O–H groups in total. The van der Waals surface area contributed by atoms with Gasteiger partial charge in [-0.1, -0.05) is 13.3 Å². The van der Waals surface area contributed by atoms with Crippen LogP contribution in [-0.4, -0.2) is 30.2 Å². The third kappa shape index (κ3) is 3.40. The van der Waals surface area contributed by atoms with E-state index < -0.39 is 0 Å². The van der Waals surface area contributed by atoms with Gasteiger partial charge in [-0.25, -0.2) is 4.79 Å². The number of urea groups is 1. The summed E-state index contributed by atoms with van der Waals surface area (Å²) in [4.78, 5) is 24.1. The van der Waals surface area contributed by atoms with E-state index >= 15 is 0 Å². The summed E-state index contributed by atoms with van der Waals surface area (Å²) in [6.07, 6.45) is 9.22. The van der Waals surface area contributed by atoms with Gasteiger partial charge in [0, 0.05) is 19.0 Å². The Morgan fingerprint density at radius 2 is 1.88 bits per heavy atom. The van der Waals surface area contributed by atoms with Crippen LogP contribution in [0.2, 0.25) is 0 Å². The summed E-state index contributed by atoms with van der Waals surface area (Å²) in [5.41, 5.74) is -0.189. The van der Waals surface area contributed by atoms with Gasteiger partial charge in [0.2, 0.25) is 0 Å². The normalized spacial score (nSPS) is 37.1. The van der Waals surface area contributed by atoms with E-state index in [0.717, 1.165) is 64.3 Å². The van der Waals surface area contributed by atoms with Crippen LogP contribution in [-0.2, 0) is 9.53 Å². The second-order valence-corrected chi connectivity index (χ2v) is 8.99. The highest BCUT2D eigenvalue weighted by atomic mass is 16.6. The van der Waals surface area contributed by atoms with Crippen LogP contribution in [0.4, 0.5) is 4.79 Å². The number of rotatable bonds is 4. The monoisotopic (exact) mass is 336 g/mol. The number of cyclic esters (lactones) is 1. The Hall–Kier alpha value is -1.26. The fourth-order valence-electron chi connectivity index (χ4n) is 5.28. The Labute approximate surface area is 145 Å².